The monoisotopic (exact) mass is 230 g/mol. The van der Waals surface area contributed by atoms with E-state index in [4.69, 9.17) is 4.74 Å². The average molecular weight is 230 g/mol. The van der Waals surface area contributed by atoms with E-state index in [0.717, 1.165) is 6.42 Å². The van der Waals surface area contributed by atoms with Crippen LogP contribution < -0.4 is 0 Å². The molecule has 0 fully saturated rings. The lowest BCUT2D eigenvalue weighted by Gasteiger charge is -2.20. The first-order valence-corrected chi connectivity index (χ1v) is 6.05. The van der Waals surface area contributed by atoms with Crippen LogP contribution >= 0.6 is 0 Å². The van der Waals surface area contributed by atoms with Crippen molar-refractivity contribution >= 4 is 0 Å². The zero-order valence-electron chi connectivity index (χ0n) is 11.0. The molecule has 1 rings (SSSR count). The molecule has 0 aliphatic carbocycles. The highest BCUT2D eigenvalue weighted by atomic mass is 16.5. The number of methoxy groups -OCH3 is 1. The van der Waals surface area contributed by atoms with Gasteiger partial charge in [-0.2, -0.15) is 0 Å². The van der Waals surface area contributed by atoms with Gasteiger partial charge in [0.15, 0.2) is 0 Å². The SMILES string of the molecule is C=C/C(C)=C/[C@@H](C)[C@@H](Cc1ccccc1)OC. The Morgan fingerprint density at radius 3 is 2.53 bits per heavy atom. The molecule has 0 aromatic heterocycles. The minimum absolute atomic E-state index is 0.215. The molecule has 1 heteroatoms. The van der Waals surface area contributed by atoms with Crippen molar-refractivity contribution in [2.24, 2.45) is 5.92 Å². The molecule has 0 N–H and O–H groups in total. The minimum atomic E-state index is 0.215. The molecule has 0 bridgehead atoms. The van der Waals surface area contributed by atoms with E-state index in [1.165, 1.54) is 11.1 Å². The summed E-state index contributed by atoms with van der Waals surface area (Å²) in [7, 11) is 1.78. The molecule has 1 aromatic carbocycles. The number of hydrogen-bond acceptors (Lipinski definition) is 1. The maximum atomic E-state index is 5.58. The Balaban J connectivity index is 2.69. The zero-order chi connectivity index (χ0) is 12.7. The van der Waals surface area contributed by atoms with E-state index >= 15 is 0 Å². The van der Waals surface area contributed by atoms with Crippen molar-refractivity contribution in [1.29, 1.82) is 0 Å². The number of benzene rings is 1. The molecule has 0 unspecified atom stereocenters. The molecular formula is C16H22O. The first-order chi connectivity index (χ1) is 8.17. The number of rotatable bonds is 6. The van der Waals surface area contributed by atoms with Gasteiger partial charge in [-0.3, -0.25) is 0 Å². The maximum Gasteiger partial charge on any atom is 0.0671 e. The maximum absolute atomic E-state index is 5.58. The molecule has 0 amide bonds. The summed E-state index contributed by atoms with van der Waals surface area (Å²) in [5, 5.41) is 0. The molecule has 0 saturated heterocycles. The highest BCUT2D eigenvalue weighted by Crippen LogP contribution is 2.16. The van der Waals surface area contributed by atoms with E-state index in [-0.39, 0.29) is 6.10 Å². The van der Waals surface area contributed by atoms with E-state index < -0.39 is 0 Å². The quantitative estimate of drug-likeness (QED) is 0.671. The predicted molar refractivity (Wildman–Crippen MR) is 74.1 cm³/mol. The van der Waals surface area contributed by atoms with Crippen molar-refractivity contribution in [3.8, 4) is 0 Å². The molecule has 17 heavy (non-hydrogen) atoms. The van der Waals surface area contributed by atoms with Crippen LogP contribution in [-0.4, -0.2) is 13.2 Å². The summed E-state index contributed by atoms with van der Waals surface area (Å²) in [4.78, 5) is 0. The Bertz CT molecular complexity index is 364. The fourth-order valence-electron chi connectivity index (χ4n) is 1.92. The Labute approximate surface area is 105 Å². The Morgan fingerprint density at radius 1 is 1.35 bits per heavy atom. The highest BCUT2D eigenvalue weighted by Gasteiger charge is 2.15. The zero-order valence-corrected chi connectivity index (χ0v) is 11.0. The van der Waals surface area contributed by atoms with E-state index in [9.17, 15) is 0 Å². The molecule has 1 aromatic rings. The Morgan fingerprint density at radius 2 is 2.00 bits per heavy atom. The van der Waals surface area contributed by atoms with Crippen molar-refractivity contribution in [3.05, 3.63) is 60.2 Å². The summed E-state index contributed by atoms with van der Waals surface area (Å²) in [6, 6.07) is 10.5. The van der Waals surface area contributed by atoms with Gasteiger partial charge in [-0.15, -0.1) is 0 Å². The van der Waals surface area contributed by atoms with Crippen molar-refractivity contribution in [3.63, 3.8) is 0 Å². The van der Waals surface area contributed by atoms with Crippen LogP contribution in [0.2, 0.25) is 0 Å². The van der Waals surface area contributed by atoms with Gasteiger partial charge in [0.25, 0.3) is 0 Å². The van der Waals surface area contributed by atoms with Gasteiger partial charge in [-0.25, -0.2) is 0 Å². The summed E-state index contributed by atoms with van der Waals surface area (Å²) < 4.78 is 5.58. The lowest BCUT2D eigenvalue weighted by Crippen LogP contribution is -2.21. The molecule has 0 aliphatic heterocycles. The summed E-state index contributed by atoms with van der Waals surface area (Å²) in [6.07, 6.45) is 5.25. The third-order valence-corrected chi connectivity index (χ3v) is 3.02. The second-order valence-corrected chi connectivity index (χ2v) is 4.44. The molecule has 0 radical (unpaired) electrons. The third kappa shape index (κ3) is 4.58. The van der Waals surface area contributed by atoms with Crippen LogP contribution in [0, 0.1) is 5.92 Å². The standard InChI is InChI=1S/C16H22O/c1-5-13(2)11-14(3)16(17-4)12-15-9-7-6-8-10-15/h5-11,14,16H,1,12H2,2-4H3/b13-11+/t14-,16-/m1/s1. The third-order valence-electron chi connectivity index (χ3n) is 3.02. The smallest absolute Gasteiger partial charge is 0.0671 e. The van der Waals surface area contributed by atoms with Crippen LogP contribution in [-0.2, 0) is 11.2 Å². The van der Waals surface area contributed by atoms with Gasteiger partial charge in [0, 0.05) is 13.0 Å². The summed E-state index contributed by atoms with van der Waals surface area (Å²) >= 11 is 0. The van der Waals surface area contributed by atoms with Crippen molar-refractivity contribution in [2.75, 3.05) is 7.11 Å². The summed E-state index contributed by atoms with van der Waals surface area (Å²) in [5.74, 6) is 0.387. The first-order valence-electron chi connectivity index (χ1n) is 6.05. The van der Waals surface area contributed by atoms with Crippen molar-refractivity contribution in [1.82, 2.24) is 0 Å². The van der Waals surface area contributed by atoms with Crippen LogP contribution in [0.1, 0.15) is 19.4 Å². The minimum Gasteiger partial charge on any atom is -0.381 e. The topological polar surface area (TPSA) is 9.23 Å². The van der Waals surface area contributed by atoms with Crippen LogP contribution in [0.5, 0.6) is 0 Å². The first kappa shape index (κ1) is 13.7. The van der Waals surface area contributed by atoms with E-state index in [1.54, 1.807) is 7.11 Å². The predicted octanol–water partition coefficient (Wildman–Crippen LogP) is 4.01. The van der Waals surface area contributed by atoms with Gasteiger partial charge in [-0.05, 0) is 18.9 Å². The fourth-order valence-corrected chi connectivity index (χ4v) is 1.92. The van der Waals surface area contributed by atoms with Crippen LogP contribution in [0.3, 0.4) is 0 Å². The molecule has 1 nitrogen and oxygen atoms in total. The number of ether oxygens (including phenoxy) is 1. The lowest BCUT2D eigenvalue weighted by atomic mass is 9.95. The van der Waals surface area contributed by atoms with Gasteiger partial charge in [0.05, 0.1) is 6.10 Å². The van der Waals surface area contributed by atoms with Gasteiger partial charge < -0.3 is 4.74 Å². The molecule has 0 aliphatic rings. The highest BCUT2D eigenvalue weighted by molar-refractivity contribution is 5.18. The summed E-state index contributed by atoms with van der Waals surface area (Å²) in [5.41, 5.74) is 2.52. The normalized spacial score (nSPS) is 15.4. The Hall–Kier alpha value is -1.34. The lowest BCUT2D eigenvalue weighted by molar-refractivity contribution is 0.0745. The molecule has 0 saturated carbocycles. The van der Waals surface area contributed by atoms with E-state index in [2.05, 4.69) is 50.8 Å². The van der Waals surface area contributed by atoms with Crippen molar-refractivity contribution < 1.29 is 4.74 Å². The molecule has 0 spiro atoms. The van der Waals surface area contributed by atoms with Gasteiger partial charge in [0.1, 0.15) is 0 Å². The van der Waals surface area contributed by atoms with Gasteiger partial charge in [0.2, 0.25) is 0 Å². The number of hydrogen-bond donors (Lipinski definition) is 0. The largest absolute Gasteiger partial charge is 0.381 e. The van der Waals surface area contributed by atoms with Gasteiger partial charge in [-0.1, -0.05) is 61.6 Å². The second kappa shape index (κ2) is 7.08. The van der Waals surface area contributed by atoms with Crippen molar-refractivity contribution in [2.45, 2.75) is 26.4 Å². The number of allylic oxidation sites excluding steroid dienone is 2. The molecule has 0 heterocycles. The molecular weight excluding hydrogens is 208 g/mol. The van der Waals surface area contributed by atoms with E-state index in [1.807, 2.05) is 12.1 Å². The summed E-state index contributed by atoms with van der Waals surface area (Å²) in [6.45, 7) is 8.03. The van der Waals surface area contributed by atoms with Crippen LogP contribution in [0.25, 0.3) is 0 Å². The second-order valence-electron chi connectivity index (χ2n) is 4.44. The average Bonchev–Trinajstić information content (AvgIpc) is 2.36. The molecule has 92 valence electrons. The molecule has 2 atom stereocenters. The van der Waals surface area contributed by atoms with E-state index in [0.29, 0.717) is 5.92 Å². The van der Waals surface area contributed by atoms with Crippen LogP contribution in [0.4, 0.5) is 0 Å². The van der Waals surface area contributed by atoms with Gasteiger partial charge >= 0.3 is 0 Å². The fraction of sp³-hybridized carbons (Fsp3) is 0.375. The van der Waals surface area contributed by atoms with Crippen LogP contribution in [0.15, 0.2) is 54.6 Å². The Kier molecular flexibility index (Phi) is 5.71.